The summed E-state index contributed by atoms with van der Waals surface area (Å²) in [6, 6.07) is 13.2. The second-order valence-corrected chi connectivity index (χ2v) is 8.70. The summed E-state index contributed by atoms with van der Waals surface area (Å²) in [5.74, 6) is -1.11. The fourth-order valence-electron chi connectivity index (χ4n) is 2.85. The second kappa shape index (κ2) is 11.8. The quantitative estimate of drug-likeness (QED) is 0.425. The highest BCUT2D eigenvalue weighted by atomic mass is 35.5. The summed E-state index contributed by atoms with van der Waals surface area (Å²) in [5.41, 5.74) is 1.55. The van der Waals surface area contributed by atoms with Crippen molar-refractivity contribution < 1.29 is 19.5 Å². The first kappa shape index (κ1) is 24.7. The van der Waals surface area contributed by atoms with Crippen molar-refractivity contribution in [1.82, 2.24) is 25.5 Å². The molecule has 0 aliphatic rings. The summed E-state index contributed by atoms with van der Waals surface area (Å²) in [4.78, 5) is 37.2. The van der Waals surface area contributed by atoms with E-state index in [1.165, 1.54) is 0 Å². The molecule has 1 aromatic heterocycles. The minimum absolute atomic E-state index is 0.206. The first-order valence-corrected chi connectivity index (χ1v) is 11.5. The van der Waals surface area contributed by atoms with Crippen LogP contribution in [0.2, 0.25) is 10.0 Å². The molecule has 2 N–H and O–H groups in total. The number of hydrogen-bond acceptors (Lipinski definition) is 7. The molecule has 1 unspecified atom stereocenters. The van der Waals surface area contributed by atoms with Crippen molar-refractivity contribution in [2.45, 2.75) is 31.2 Å². The second-order valence-electron chi connectivity index (χ2n) is 6.94. The number of benzene rings is 2. The largest absolute Gasteiger partial charge is 0.481 e. The molecule has 0 spiro atoms. The zero-order chi connectivity index (χ0) is 23.8. The number of tetrazole rings is 1. The predicted octanol–water partition coefficient (Wildman–Crippen LogP) is 3.63. The number of carbonyl (C=O) groups excluding carboxylic acids is 2. The van der Waals surface area contributed by atoms with Gasteiger partial charge in [0.15, 0.2) is 11.6 Å². The van der Waals surface area contributed by atoms with E-state index in [0.29, 0.717) is 21.4 Å². The van der Waals surface area contributed by atoms with E-state index in [4.69, 9.17) is 28.3 Å². The van der Waals surface area contributed by atoms with Crippen LogP contribution in [-0.4, -0.2) is 48.3 Å². The minimum Gasteiger partial charge on any atom is -0.481 e. The molecule has 3 aromatic rings. The third kappa shape index (κ3) is 7.55. The molecule has 0 saturated heterocycles. The standard InChI is InChI=1S/C21H19Cl2N5O4S/c22-15-7-4-8-16(23)14(15)9-19-25-27-28(26-19)11-18(29)17(10-20(30)31)24-21(32)33-12-13-5-2-1-3-6-13/h1-8,17H,9-12H2,(H,24,32)(H,30,31). The number of carbonyl (C=O) groups is 3. The third-order valence-electron chi connectivity index (χ3n) is 4.46. The average molecular weight is 508 g/mol. The van der Waals surface area contributed by atoms with Crippen molar-refractivity contribution in [2.75, 3.05) is 0 Å². The van der Waals surface area contributed by atoms with E-state index in [2.05, 4.69) is 20.7 Å². The zero-order valence-electron chi connectivity index (χ0n) is 17.1. The van der Waals surface area contributed by atoms with Crippen LogP contribution in [0.25, 0.3) is 0 Å². The number of rotatable bonds is 10. The lowest BCUT2D eigenvalue weighted by atomic mass is 10.1. The van der Waals surface area contributed by atoms with Crippen molar-refractivity contribution in [2.24, 2.45) is 0 Å². The molecule has 0 saturated carbocycles. The summed E-state index contributed by atoms with van der Waals surface area (Å²) < 4.78 is 0. The number of ketones is 1. The highest BCUT2D eigenvalue weighted by Gasteiger charge is 2.25. The number of halogens is 2. The van der Waals surface area contributed by atoms with Gasteiger partial charge in [0.2, 0.25) is 0 Å². The predicted molar refractivity (Wildman–Crippen MR) is 124 cm³/mol. The van der Waals surface area contributed by atoms with Crippen LogP contribution in [0, 0.1) is 0 Å². The van der Waals surface area contributed by atoms with Crippen molar-refractivity contribution >= 4 is 52.0 Å². The van der Waals surface area contributed by atoms with Crippen LogP contribution in [0.15, 0.2) is 48.5 Å². The van der Waals surface area contributed by atoms with Crippen molar-refractivity contribution in [3.8, 4) is 0 Å². The molecule has 2 aromatic carbocycles. The maximum atomic E-state index is 12.7. The Morgan fingerprint density at radius 3 is 2.42 bits per heavy atom. The van der Waals surface area contributed by atoms with E-state index in [0.717, 1.165) is 22.1 Å². The average Bonchev–Trinajstić information content (AvgIpc) is 3.22. The van der Waals surface area contributed by atoms with E-state index in [1.54, 1.807) is 18.2 Å². The van der Waals surface area contributed by atoms with Crippen molar-refractivity contribution in [1.29, 1.82) is 0 Å². The summed E-state index contributed by atoms with van der Waals surface area (Å²) in [6.07, 6.45) is -0.356. The number of nitrogens with zero attached hydrogens (tertiary/aromatic N) is 4. The Kier molecular flexibility index (Phi) is 8.81. The van der Waals surface area contributed by atoms with Gasteiger partial charge < -0.3 is 10.4 Å². The number of Topliss-reactive ketones (excluding diaryl/α,β-unsaturated/α-hetero) is 1. The summed E-state index contributed by atoms with van der Waals surface area (Å²) >= 11 is 13.3. The number of carboxylic acid groups (broad SMARTS) is 1. The van der Waals surface area contributed by atoms with Gasteiger partial charge in [-0.3, -0.25) is 14.4 Å². The van der Waals surface area contributed by atoms with Crippen LogP contribution >= 0.6 is 35.0 Å². The van der Waals surface area contributed by atoms with Crippen LogP contribution < -0.4 is 5.32 Å². The van der Waals surface area contributed by atoms with Crippen LogP contribution in [0.5, 0.6) is 0 Å². The fraction of sp³-hybridized carbons (Fsp3) is 0.238. The molecule has 172 valence electrons. The molecular weight excluding hydrogens is 489 g/mol. The smallest absolute Gasteiger partial charge is 0.305 e. The molecule has 0 bridgehead atoms. The number of carboxylic acids is 1. The molecule has 0 fully saturated rings. The summed E-state index contributed by atoms with van der Waals surface area (Å²) in [6.45, 7) is -0.356. The summed E-state index contributed by atoms with van der Waals surface area (Å²) in [5, 5.41) is 23.9. The highest BCUT2D eigenvalue weighted by molar-refractivity contribution is 8.12. The van der Waals surface area contributed by atoms with E-state index in [9.17, 15) is 14.4 Å². The lowest BCUT2D eigenvalue weighted by molar-refractivity contribution is -0.139. The Balaban J connectivity index is 1.60. The molecule has 1 atom stereocenters. The number of thioether (sulfide) groups is 1. The topological polar surface area (TPSA) is 127 Å². The minimum atomic E-state index is -1.23. The van der Waals surface area contributed by atoms with Gasteiger partial charge in [0.05, 0.1) is 6.42 Å². The SMILES string of the molecule is O=C(O)CC(NC(=O)SCc1ccccc1)C(=O)Cn1nnc(Cc2c(Cl)cccc2Cl)n1. The molecule has 0 aliphatic carbocycles. The van der Waals surface area contributed by atoms with Crippen LogP contribution in [-0.2, 0) is 28.3 Å². The lowest BCUT2D eigenvalue weighted by Gasteiger charge is -2.15. The Morgan fingerprint density at radius 2 is 1.76 bits per heavy atom. The number of nitrogens with one attached hydrogen (secondary N) is 1. The normalized spacial score (nSPS) is 11.7. The van der Waals surface area contributed by atoms with Crippen LogP contribution in [0.4, 0.5) is 4.79 Å². The van der Waals surface area contributed by atoms with Gasteiger partial charge in [0.1, 0.15) is 12.6 Å². The van der Waals surface area contributed by atoms with Crippen LogP contribution in [0.1, 0.15) is 23.4 Å². The van der Waals surface area contributed by atoms with E-state index in [1.807, 2.05) is 30.3 Å². The molecule has 9 nitrogen and oxygen atoms in total. The molecule has 1 heterocycles. The molecule has 3 rings (SSSR count). The molecular formula is C21H19Cl2N5O4S. The summed E-state index contributed by atoms with van der Waals surface area (Å²) in [7, 11) is 0. The molecule has 12 heteroatoms. The van der Waals surface area contributed by atoms with Crippen molar-refractivity contribution in [3.63, 3.8) is 0 Å². The molecule has 33 heavy (non-hydrogen) atoms. The Morgan fingerprint density at radius 1 is 1.06 bits per heavy atom. The first-order chi connectivity index (χ1) is 15.8. The highest BCUT2D eigenvalue weighted by Crippen LogP contribution is 2.25. The maximum Gasteiger partial charge on any atom is 0.305 e. The zero-order valence-corrected chi connectivity index (χ0v) is 19.5. The number of aromatic nitrogens is 4. The molecule has 0 aliphatic heterocycles. The van der Waals surface area contributed by atoms with E-state index in [-0.39, 0.29) is 18.8 Å². The Hall–Kier alpha value is -2.95. The third-order valence-corrected chi connectivity index (χ3v) is 6.03. The number of amides is 1. The first-order valence-electron chi connectivity index (χ1n) is 9.73. The Bertz CT molecular complexity index is 1120. The van der Waals surface area contributed by atoms with E-state index < -0.39 is 29.5 Å². The Labute approximate surface area is 203 Å². The fourth-order valence-corrected chi connectivity index (χ4v) is 4.10. The van der Waals surface area contributed by atoms with Gasteiger partial charge in [-0.05, 0) is 28.5 Å². The van der Waals surface area contributed by atoms with Gasteiger partial charge in [-0.25, -0.2) is 0 Å². The van der Waals surface area contributed by atoms with Gasteiger partial charge in [0, 0.05) is 22.2 Å². The molecule has 1 amide bonds. The number of hydrogen-bond donors (Lipinski definition) is 2. The van der Waals surface area contributed by atoms with Crippen LogP contribution in [0.3, 0.4) is 0 Å². The van der Waals surface area contributed by atoms with Gasteiger partial charge in [-0.2, -0.15) is 4.80 Å². The van der Waals surface area contributed by atoms with Gasteiger partial charge >= 0.3 is 5.97 Å². The molecule has 0 radical (unpaired) electrons. The maximum absolute atomic E-state index is 12.7. The van der Waals surface area contributed by atoms with Gasteiger partial charge in [-0.15, -0.1) is 10.2 Å². The van der Waals surface area contributed by atoms with Gasteiger partial charge in [0.25, 0.3) is 5.24 Å². The lowest BCUT2D eigenvalue weighted by Crippen LogP contribution is -2.42. The van der Waals surface area contributed by atoms with Crippen molar-refractivity contribution in [3.05, 3.63) is 75.5 Å². The van der Waals surface area contributed by atoms with E-state index >= 15 is 0 Å². The number of aliphatic carboxylic acids is 1. The monoisotopic (exact) mass is 507 g/mol. The van der Waals surface area contributed by atoms with Gasteiger partial charge in [-0.1, -0.05) is 71.4 Å².